The van der Waals surface area contributed by atoms with Gasteiger partial charge in [0, 0.05) is 38.3 Å². The molecule has 2 heterocycles. The number of carbonyl (C=O) groups is 3. The number of hydrogen-bond acceptors (Lipinski definition) is 4. The molecule has 0 saturated carbocycles. The lowest BCUT2D eigenvalue weighted by Gasteiger charge is -2.13. The summed E-state index contributed by atoms with van der Waals surface area (Å²) in [6.45, 7) is 3.09. The van der Waals surface area contributed by atoms with Crippen LogP contribution in [0.1, 0.15) is 45.5 Å². The van der Waals surface area contributed by atoms with Crippen LogP contribution in [0, 0.1) is 6.92 Å². The maximum Gasteiger partial charge on any atom is 0.261 e. The van der Waals surface area contributed by atoms with Crippen LogP contribution in [0.25, 0.3) is 0 Å². The number of fused-ring (bicyclic) bond motifs is 1. The number of carbonyl (C=O) groups excluding carboxylic acids is 3. The summed E-state index contributed by atoms with van der Waals surface area (Å²) in [7, 11) is 0. The largest absolute Gasteiger partial charge is 0.356 e. The van der Waals surface area contributed by atoms with Crippen molar-refractivity contribution in [2.75, 3.05) is 13.1 Å². The molecular weight excluding hydrogens is 358 g/mol. The Kier molecular flexibility index (Phi) is 6.03. The van der Waals surface area contributed by atoms with E-state index >= 15 is 0 Å². The topological polar surface area (TPSA) is 88.5 Å². The Morgan fingerprint density at radius 3 is 2.29 bits per heavy atom. The van der Waals surface area contributed by atoms with Crippen molar-refractivity contribution in [3.63, 3.8) is 0 Å². The van der Waals surface area contributed by atoms with Crippen LogP contribution in [-0.4, -0.2) is 40.3 Å². The molecule has 1 N–H and O–H groups in total. The molecule has 1 aliphatic heterocycles. The average Bonchev–Trinajstić information content (AvgIpc) is 2.92. The van der Waals surface area contributed by atoms with Crippen molar-refractivity contribution >= 4 is 17.7 Å². The van der Waals surface area contributed by atoms with Crippen molar-refractivity contribution < 1.29 is 14.4 Å². The Bertz CT molecular complexity index is 929. The average molecular weight is 381 g/mol. The quantitative estimate of drug-likeness (QED) is 0.557. The molecule has 1 aromatic carbocycles. The van der Waals surface area contributed by atoms with Crippen LogP contribution < -0.4 is 10.9 Å². The zero-order chi connectivity index (χ0) is 20.1. The molecule has 7 heteroatoms. The molecule has 7 nitrogen and oxygen atoms in total. The van der Waals surface area contributed by atoms with Crippen molar-refractivity contribution in [1.82, 2.24) is 14.8 Å². The number of benzene rings is 1. The Balaban J connectivity index is 1.37. The fourth-order valence-corrected chi connectivity index (χ4v) is 3.20. The van der Waals surface area contributed by atoms with E-state index in [9.17, 15) is 19.2 Å². The number of amides is 3. The summed E-state index contributed by atoms with van der Waals surface area (Å²) in [4.78, 5) is 49.4. The maximum atomic E-state index is 12.3. The van der Waals surface area contributed by atoms with Gasteiger partial charge >= 0.3 is 0 Å². The highest BCUT2D eigenvalue weighted by Crippen LogP contribution is 2.22. The van der Waals surface area contributed by atoms with Crippen molar-refractivity contribution in [3.8, 4) is 0 Å². The number of nitrogens with zero attached hydrogens (tertiary/aromatic N) is 2. The Morgan fingerprint density at radius 1 is 0.964 bits per heavy atom. The molecule has 28 heavy (non-hydrogen) atoms. The van der Waals surface area contributed by atoms with Crippen LogP contribution >= 0.6 is 0 Å². The normalized spacial score (nSPS) is 13.0. The van der Waals surface area contributed by atoms with E-state index in [1.54, 1.807) is 41.1 Å². The lowest BCUT2D eigenvalue weighted by Crippen LogP contribution is -2.32. The van der Waals surface area contributed by atoms with Gasteiger partial charge in [-0.2, -0.15) is 0 Å². The van der Waals surface area contributed by atoms with E-state index in [4.69, 9.17) is 0 Å². The Labute approximate surface area is 163 Å². The van der Waals surface area contributed by atoms with E-state index in [0.29, 0.717) is 37.1 Å². The van der Waals surface area contributed by atoms with Gasteiger partial charge in [-0.25, -0.2) is 0 Å². The number of imide groups is 1. The third-order valence-electron chi connectivity index (χ3n) is 4.71. The second-order valence-corrected chi connectivity index (χ2v) is 6.85. The highest BCUT2D eigenvalue weighted by atomic mass is 16.2. The molecule has 0 aliphatic carbocycles. The fourth-order valence-electron chi connectivity index (χ4n) is 3.20. The van der Waals surface area contributed by atoms with Crippen LogP contribution in [0.15, 0.2) is 47.4 Å². The van der Waals surface area contributed by atoms with Gasteiger partial charge in [0.05, 0.1) is 11.1 Å². The summed E-state index contributed by atoms with van der Waals surface area (Å²) in [5, 5.41) is 2.81. The van der Waals surface area contributed by atoms with Crippen molar-refractivity contribution in [1.29, 1.82) is 0 Å². The molecular formula is C21H23N3O4. The summed E-state index contributed by atoms with van der Waals surface area (Å²) in [5.74, 6) is -0.734. The molecule has 0 bridgehead atoms. The van der Waals surface area contributed by atoms with Crippen LogP contribution in [0.3, 0.4) is 0 Å². The van der Waals surface area contributed by atoms with Gasteiger partial charge in [-0.1, -0.05) is 12.1 Å². The molecule has 3 amide bonds. The predicted octanol–water partition coefficient (Wildman–Crippen LogP) is 1.74. The SMILES string of the molecule is Cc1ccn(CCCNC(=O)CCCN2C(=O)c3ccccc3C2=O)c(=O)c1. The van der Waals surface area contributed by atoms with Gasteiger partial charge in [-0.15, -0.1) is 0 Å². The third kappa shape index (κ3) is 4.36. The van der Waals surface area contributed by atoms with E-state index in [-0.39, 0.29) is 36.2 Å². The summed E-state index contributed by atoms with van der Waals surface area (Å²) in [6, 6.07) is 10.2. The van der Waals surface area contributed by atoms with Gasteiger partial charge in [0.1, 0.15) is 0 Å². The number of pyridine rings is 1. The minimum absolute atomic E-state index is 0.0488. The van der Waals surface area contributed by atoms with Crippen molar-refractivity contribution in [2.45, 2.75) is 32.7 Å². The predicted molar refractivity (Wildman–Crippen MR) is 104 cm³/mol. The lowest BCUT2D eigenvalue weighted by atomic mass is 10.1. The zero-order valence-corrected chi connectivity index (χ0v) is 15.8. The first-order chi connectivity index (χ1) is 13.5. The molecule has 0 spiro atoms. The van der Waals surface area contributed by atoms with Crippen LogP contribution in [0.5, 0.6) is 0 Å². The molecule has 1 aromatic heterocycles. The van der Waals surface area contributed by atoms with E-state index < -0.39 is 0 Å². The highest BCUT2D eigenvalue weighted by molar-refractivity contribution is 6.21. The highest BCUT2D eigenvalue weighted by Gasteiger charge is 2.34. The Morgan fingerprint density at radius 2 is 1.64 bits per heavy atom. The smallest absolute Gasteiger partial charge is 0.261 e. The lowest BCUT2D eigenvalue weighted by molar-refractivity contribution is -0.121. The first kappa shape index (κ1) is 19.5. The molecule has 3 rings (SSSR count). The summed E-state index contributed by atoms with van der Waals surface area (Å²) < 4.78 is 1.61. The van der Waals surface area contributed by atoms with Crippen LogP contribution in [-0.2, 0) is 11.3 Å². The molecule has 146 valence electrons. The van der Waals surface area contributed by atoms with Gasteiger partial charge in [-0.05, 0) is 43.5 Å². The molecule has 0 unspecified atom stereocenters. The van der Waals surface area contributed by atoms with Crippen molar-refractivity contribution in [2.24, 2.45) is 0 Å². The monoisotopic (exact) mass is 381 g/mol. The standard InChI is InChI=1S/C21H23N3O4/c1-15-9-13-23(19(26)14-15)11-5-10-22-18(25)8-4-12-24-20(27)16-6-2-3-7-17(16)21(24)28/h2-3,6-7,9,13-14H,4-5,8,10-12H2,1H3,(H,22,25). The van der Waals surface area contributed by atoms with Gasteiger partial charge < -0.3 is 9.88 Å². The fraction of sp³-hybridized carbons (Fsp3) is 0.333. The van der Waals surface area contributed by atoms with E-state index in [1.807, 2.05) is 13.0 Å². The van der Waals surface area contributed by atoms with Gasteiger partial charge in [0.25, 0.3) is 17.4 Å². The number of hydrogen-bond donors (Lipinski definition) is 1. The molecule has 1 aliphatic rings. The number of nitrogens with one attached hydrogen (secondary N) is 1. The van der Waals surface area contributed by atoms with Crippen molar-refractivity contribution in [3.05, 3.63) is 69.6 Å². The molecule has 2 aromatic rings. The van der Waals surface area contributed by atoms with E-state index in [1.165, 1.54) is 4.90 Å². The summed E-state index contributed by atoms with van der Waals surface area (Å²) in [6.07, 6.45) is 3.04. The van der Waals surface area contributed by atoms with E-state index in [2.05, 4.69) is 5.32 Å². The molecule has 0 atom stereocenters. The third-order valence-corrected chi connectivity index (χ3v) is 4.71. The van der Waals surface area contributed by atoms with Crippen LogP contribution in [0.2, 0.25) is 0 Å². The Hall–Kier alpha value is -3.22. The first-order valence-electron chi connectivity index (χ1n) is 9.36. The second kappa shape index (κ2) is 8.65. The second-order valence-electron chi connectivity index (χ2n) is 6.85. The minimum Gasteiger partial charge on any atom is -0.356 e. The minimum atomic E-state index is -0.301. The van der Waals surface area contributed by atoms with E-state index in [0.717, 1.165) is 5.56 Å². The summed E-state index contributed by atoms with van der Waals surface area (Å²) >= 11 is 0. The molecule has 0 radical (unpaired) electrons. The molecule has 0 saturated heterocycles. The maximum absolute atomic E-state index is 12.3. The van der Waals surface area contributed by atoms with Crippen LogP contribution in [0.4, 0.5) is 0 Å². The van der Waals surface area contributed by atoms with Gasteiger partial charge in [0.15, 0.2) is 0 Å². The summed E-state index contributed by atoms with van der Waals surface area (Å²) in [5.41, 5.74) is 1.71. The first-order valence-corrected chi connectivity index (χ1v) is 9.36. The van der Waals surface area contributed by atoms with Gasteiger partial charge in [0.2, 0.25) is 5.91 Å². The number of aryl methyl sites for hydroxylation is 2. The van der Waals surface area contributed by atoms with Gasteiger partial charge in [-0.3, -0.25) is 24.1 Å². The zero-order valence-electron chi connectivity index (χ0n) is 15.8. The molecule has 0 fully saturated rings. The number of rotatable bonds is 8. The number of aromatic nitrogens is 1.